The molecule has 0 aliphatic heterocycles. The molecule has 0 radical (unpaired) electrons. The summed E-state index contributed by atoms with van der Waals surface area (Å²) in [6, 6.07) is 0. The minimum absolute atomic E-state index is 0.0815. The first kappa shape index (κ1) is 44.9. The molecule has 0 fully saturated rings. The van der Waals surface area contributed by atoms with E-state index in [2.05, 4.69) is 13.8 Å². The second kappa shape index (κ2) is 38.4. The van der Waals surface area contributed by atoms with E-state index in [9.17, 15) is 9.59 Å². The molecule has 0 saturated heterocycles. The second-order valence-electron chi connectivity index (χ2n) is 14.5. The molecule has 0 amide bonds. The fourth-order valence-corrected chi connectivity index (χ4v) is 6.73. The Morgan fingerprint density at radius 3 is 1.00 bits per heavy atom. The fourth-order valence-electron chi connectivity index (χ4n) is 6.73. The molecule has 0 aliphatic carbocycles. The number of ether oxygens (including phenoxy) is 1. The summed E-state index contributed by atoms with van der Waals surface area (Å²) in [5, 5.41) is 9.03. The van der Waals surface area contributed by atoms with E-state index < -0.39 is 5.97 Å². The predicted molar refractivity (Wildman–Crippen MR) is 200 cm³/mol. The highest BCUT2D eigenvalue weighted by Gasteiger charge is 2.15. The van der Waals surface area contributed by atoms with Crippen molar-refractivity contribution in [2.75, 3.05) is 0 Å². The van der Waals surface area contributed by atoms with Crippen LogP contribution in [0.4, 0.5) is 0 Å². The Morgan fingerprint density at radius 1 is 0.391 bits per heavy atom. The van der Waals surface area contributed by atoms with Gasteiger partial charge in [0.1, 0.15) is 6.10 Å². The Labute approximate surface area is 288 Å². The highest BCUT2D eigenvalue weighted by Crippen LogP contribution is 2.19. The third-order valence-electron chi connectivity index (χ3n) is 9.83. The van der Waals surface area contributed by atoms with Gasteiger partial charge in [-0.25, -0.2) is 0 Å². The highest BCUT2D eigenvalue weighted by molar-refractivity contribution is 5.69. The molecule has 0 saturated carbocycles. The van der Waals surface area contributed by atoms with Gasteiger partial charge in [0.15, 0.2) is 0 Å². The summed E-state index contributed by atoms with van der Waals surface area (Å²) in [5.41, 5.74) is 0. The molecule has 4 heteroatoms. The lowest BCUT2D eigenvalue weighted by atomic mass is 10.0. The predicted octanol–water partition coefficient (Wildman–Crippen LogP) is 14.5. The highest BCUT2D eigenvalue weighted by atomic mass is 16.5. The third-order valence-corrected chi connectivity index (χ3v) is 9.83. The zero-order valence-electron chi connectivity index (χ0n) is 31.4. The Morgan fingerprint density at radius 2 is 0.674 bits per heavy atom. The van der Waals surface area contributed by atoms with Crippen molar-refractivity contribution in [3.05, 3.63) is 0 Å². The molecule has 0 rings (SSSR count). The number of hydrogen-bond donors (Lipinski definition) is 1. The maximum absolute atomic E-state index is 12.5. The molecule has 0 aromatic rings. The van der Waals surface area contributed by atoms with Crippen molar-refractivity contribution in [3.63, 3.8) is 0 Å². The van der Waals surface area contributed by atoms with Crippen LogP contribution in [0.3, 0.4) is 0 Å². The summed E-state index contributed by atoms with van der Waals surface area (Å²) in [5.74, 6) is -0.845. The Hall–Kier alpha value is -1.06. The van der Waals surface area contributed by atoms with Crippen LogP contribution in [-0.4, -0.2) is 23.1 Å². The quantitative estimate of drug-likeness (QED) is 0.0531. The number of carboxylic acid groups (broad SMARTS) is 1. The molecule has 46 heavy (non-hydrogen) atoms. The van der Waals surface area contributed by atoms with E-state index in [1.54, 1.807) is 0 Å². The minimum Gasteiger partial charge on any atom is -0.481 e. The molecule has 1 atom stereocenters. The molecule has 0 spiro atoms. The largest absolute Gasteiger partial charge is 0.481 e. The van der Waals surface area contributed by atoms with E-state index in [0.29, 0.717) is 19.3 Å². The fraction of sp³-hybridized carbons (Fsp3) is 0.952. The molecule has 274 valence electrons. The normalized spacial score (nSPS) is 12.0. The van der Waals surface area contributed by atoms with Gasteiger partial charge >= 0.3 is 11.9 Å². The van der Waals surface area contributed by atoms with Crippen molar-refractivity contribution >= 4 is 11.9 Å². The van der Waals surface area contributed by atoms with Crippen molar-refractivity contribution in [2.24, 2.45) is 0 Å². The summed E-state index contributed by atoms with van der Waals surface area (Å²) >= 11 is 0. The van der Waals surface area contributed by atoms with E-state index >= 15 is 0 Å². The van der Waals surface area contributed by atoms with Crippen molar-refractivity contribution in [2.45, 2.75) is 258 Å². The molecule has 1 N–H and O–H groups in total. The summed E-state index contributed by atoms with van der Waals surface area (Å²) in [6.45, 7) is 4.56. The van der Waals surface area contributed by atoms with Crippen molar-refractivity contribution in [1.29, 1.82) is 0 Å². The molecule has 0 heterocycles. The number of carbonyl (C=O) groups excluding carboxylic acids is 1. The van der Waals surface area contributed by atoms with E-state index in [1.165, 1.54) is 186 Å². The van der Waals surface area contributed by atoms with Gasteiger partial charge < -0.3 is 9.84 Å². The topological polar surface area (TPSA) is 63.6 Å². The van der Waals surface area contributed by atoms with Gasteiger partial charge in [0, 0.05) is 12.8 Å². The molecule has 1 unspecified atom stereocenters. The summed E-state index contributed by atoms with van der Waals surface area (Å²) in [6.07, 6.45) is 45.5. The van der Waals surface area contributed by atoms with Crippen LogP contribution < -0.4 is 0 Å². The smallest absolute Gasteiger partial charge is 0.306 e. The maximum Gasteiger partial charge on any atom is 0.306 e. The first-order chi connectivity index (χ1) is 22.6. The van der Waals surface area contributed by atoms with Crippen LogP contribution in [0.5, 0.6) is 0 Å². The van der Waals surface area contributed by atoms with Crippen LogP contribution in [0, 0.1) is 0 Å². The van der Waals surface area contributed by atoms with Crippen LogP contribution in [0.25, 0.3) is 0 Å². The third kappa shape index (κ3) is 37.4. The number of aliphatic carboxylic acids is 1. The number of carbonyl (C=O) groups is 2. The molecule has 0 bridgehead atoms. The molecular formula is C42H82O4. The summed E-state index contributed by atoms with van der Waals surface area (Å²) in [4.78, 5) is 23.5. The monoisotopic (exact) mass is 651 g/mol. The minimum atomic E-state index is -0.763. The van der Waals surface area contributed by atoms with E-state index in [0.717, 1.165) is 25.7 Å². The molecular weight excluding hydrogens is 568 g/mol. The zero-order chi connectivity index (χ0) is 33.6. The number of esters is 1. The van der Waals surface area contributed by atoms with Gasteiger partial charge in [-0.1, -0.05) is 206 Å². The van der Waals surface area contributed by atoms with E-state index in [4.69, 9.17) is 9.84 Å². The Kier molecular flexibility index (Phi) is 37.5. The van der Waals surface area contributed by atoms with Gasteiger partial charge in [0.2, 0.25) is 0 Å². The molecule has 0 aliphatic rings. The zero-order valence-corrected chi connectivity index (χ0v) is 31.4. The first-order valence-corrected chi connectivity index (χ1v) is 21.0. The molecule has 0 aromatic carbocycles. The van der Waals surface area contributed by atoms with Crippen molar-refractivity contribution in [1.82, 2.24) is 0 Å². The van der Waals surface area contributed by atoms with Gasteiger partial charge in [-0.3, -0.25) is 9.59 Å². The van der Waals surface area contributed by atoms with Gasteiger partial charge in [-0.2, -0.15) is 0 Å². The van der Waals surface area contributed by atoms with E-state index in [-0.39, 0.29) is 18.5 Å². The Bertz CT molecular complexity index is 619. The number of carboxylic acids is 1. The lowest BCUT2D eigenvalue weighted by molar-refractivity contribution is -0.150. The standard InChI is InChI=1S/C42H82O4/c1-3-5-7-9-11-13-15-17-19-20-22-23-25-27-29-31-33-36-40(37-35-38-41(43)44)46-42(45)39-34-32-30-28-26-24-21-18-16-14-12-10-8-6-4-2/h40H,3-39H2,1-2H3,(H,43,44). The number of hydrogen-bond acceptors (Lipinski definition) is 3. The lowest BCUT2D eigenvalue weighted by Gasteiger charge is -2.18. The molecule has 0 aromatic heterocycles. The van der Waals surface area contributed by atoms with Crippen LogP contribution in [-0.2, 0) is 14.3 Å². The average Bonchev–Trinajstić information content (AvgIpc) is 3.04. The van der Waals surface area contributed by atoms with Gasteiger partial charge in [0.25, 0.3) is 0 Å². The second-order valence-corrected chi connectivity index (χ2v) is 14.5. The average molecular weight is 651 g/mol. The van der Waals surface area contributed by atoms with E-state index in [1.807, 2.05) is 0 Å². The summed E-state index contributed by atoms with van der Waals surface area (Å²) in [7, 11) is 0. The van der Waals surface area contributed by atoms with Crippen molar-refractivity contribution < 1.29 is 19.4 Å². The van der Waals surface area contributed by atoms with Crippen LogP contribution >= 0.6 is 0 Å². The first-order valence-electron chi connectivity index (χ1n) is 21.0. The Balaban J connectivity index is 3.74. The maximum atomic E-state index is 12.5. The molecule has 4 nitrogen and oxygen atoms in total. The number of rotatable bonds is 39. The van der Waals surface area contributed by atoms with Gasteiger partial charge in [0.05, 0.1) is 0 Å². The van der Waals surface area contributed by atoms with Crippen LogP contribution in [0.2, 0.25) is 0 Å². The lowest BCUT2D eigenvalue weighted by Crippen LogP contribution is -2.18. The number of unbranched alkanes of at least 4 members (excludes halogenated alkanes) is 30. The van der Waals surface area contributed by atoms with Crippen LogP contribution in [0.15, 0.2) is 0 Å². The van der Waals surface area contributed by atoms with Gasteiger partial charge in [-0.15, -0.1) is 0 Å². The van der Waals surface area contributed by atoms with Gasteiger partial charge in [-0.05, 0) is 32.1 Å². The van der Waals surface area contributed by atoms with Crippen molar-refractivity contribution in [3.8, 4) is 0 Å². The summed E-state index contributed by atoms with van der Waals surface area (Å²) < 4.78 is 5.85. The van der Waals surface area contributed by atoms with Crippen LogP contribution in [0.1, 0.15) is 251 Å². The SMILES string of the molecule is CCCCCCCCCCCCCCCCCCCC(CCCC(=O)O)OC(=O)CCCCCCCCCCCCCCCCC.